The standard InChI is InChI=1S/C14H18N2O5/c17-12(18)9-15-13(19)10-3-5-11(6-4-10)14(20,21)16-7-1-2-8-16/h3-6,20-21H,1-2,7-9H2,(H,15,19)(H,17,18). The summed E-state index contributed by atoms with van der Waals surface area (Å²) in [6.45, 7) is 0.750. The van der Waals surface area contributed by atoms with Crippen LogP contribution in [-0.4, -0.2) is 51.7 Å². The predicted octanol–water partition coefficient (Wildman–Crippen LogP) is -0.308. The van der Waals surface area contributed by atoms with Crippen LogP contribution in [-0.2, 0) is 10.7 Å². The average Bonchev–Trinajstić information content (AvgIpc) is 2.99. The molecule has 1 aromatic rings. The maximum atomic E-state index is 11.7. The lowest BCUT2D eigenvalue weighted by atomic mass is 10.1. The van der Waals surface area contributed by atoms with Crippen molar-refractivity contribution in [2.45, 2.75) is 18.8 Å². The summed E-state index contributed by atoms with van der Waals surface area (Å²) in [5.41, 5.74) is 0.538. The highest BCUT2D eigenvalue weighted by atomic mass is 16.5. The van der Waals surface area contributed by atoms with Crippen molar-refractivity contribution in [2.24, 2.45) is 0 Å². The SMILES string of the molecule is O=C(O)CNC(=O)c1ccc(C(O)(O)N2CCCC2)cc1. The molecule has 0 atom stereocenters. The van der Waals surface area contributed by atoms with Crippen LogP contribution < -0.4 is 5.32 Å². The summed E-state index contributed by atoms with van der Waals surface area (Å²) >= 11 is 0. The van der Waals surface area contributed by atoms with Crippen LogP contribution >= 0.6 is 0 Å². The van der Waals surface area contributed by atoms with Gasteiger partial charge >= 0.3 is 5.97 Å². The summed E-state index contributed by atoms with van der Waals surface area (Å²) in [4.78, 5) is 23.6. The van der Waals surface area contributed by atoms with Crippen LogP contribution in [0.5, 0.6) is 0 Å². The van der Waals surface area contributed by atoms with E-state index in [2.05, 4.69) is 5.32 Å². The Kier molecular flexibility index (Phi) is 4.56. The van der Waals surface area contributed by atoms with Crippen LogP contribution in [0.2, 0.25) is 0 Å². The van der Waals surface area contributed by atoms with E-state index in [1.807, 2.05) is 0 Å². The molecule has 0 aromatic heterocycles. The number of hydrogen-bond donors (Lipinski definition) is 4. The average molecular weight is 294 g/mol. The first kappa shape index (κ1) is 15.4. The summed E-state index contributed by atoms with van der Waals surface area (Å²) in [5, 5.41) is 31.1. The molecule has 1 heterocycles. The van der Waals surface area contributed by atoms with E-state index in [1.54, 1.807) is 4.90 Å². The van der Waals surface area contributed by atoms with Crippen molar-refractivity contribution in [3.63, 3.8) is 0 Å². The number of amides is 1. The van der Waals surface area contributed by atoms with Gasteiger partial charge in [-0.25, -0.2) is 4.90 Å². The second kappa shape index (κ2) is 6.21. The molecule has 0 saturated carbocycles. The van der Waals surface area contributed by atoms with Crippen LogP contribution in [0.4, 0.5) is 0 Å². The highest BCUT2D eigenvalue weighted by Gasteiger charge is 2.35. The van der Waals surface area contributed by atoms with Gasteiger partial charge in [0.15, 0.2) is 0 Å². The second-order valence-electron chi connectivity index (χ2n) is 4.98. The maximum absolute atomic E-state index is 11.7. The first-order valence-corrected chi connectivity index (χ1v) is 6.71. The molecule has 1 amide bonds. The Bertz CT molecular complexity index is 521. The lowest BCUT2D eigenvalue weighted by molar-refractivity contribution is -0.269. The first-order valence-electron chi connectivity index (χ1n) is 6.71. The molecule has 0 bridgehead atoms. The van der Waals surface area contributed by atoms with E-state index >= 15 is 0 Å². The molecule has 1 aliphatic rings. The van der Waals surface area contributed by atoms with Crippen molar-refractivity contribution in [1.29, 1.82) is 0 Å². The Morgan fingerprint density at radius 2 is 1.71 bits per heavy atom. The smallest absolute Gasteiger partial charge is 0.322 e. The third-order valence-corrected chi connectivity index (χ3v) is 3.48. The minimum absolute atomic E-state index is 0.261. The Balaban J connectivity index is 2.07. The van der Waals surface area contributed by atoms with E-state index < -0.39 is 24.3 Å². The number of carboxylic acid groups (broad SMARTS) is 1. The van der Waals surface area contributed by atoms with Crippen LogP contribution in [0.3, 0.4) is 0 Å². The number of rotatable bonds is 5. The number of carbonyl (C=O) groups is 2. The summed E-state index contributed by atoms with van der Waals surface area (Å²) in [6, 6.07) is 5.77. The molecule has 7 nitrogen and oxygen atoms in total. The van der Waals surface area contributed by atoms with Crippen LogP contribution in [0.25, 0.3) is 0 Å². The van der Waals surface area contributed by atoms with Gasteiger partial charge < -0.3 is 20.6 Å². The number of benzene rings is 1. The number of carboxylic acids is 1. The second-order valence-corrected chi connectivity index (χ2v) is 4.98. The Morgan fingerprint density at radius 1 is 1.14 bits per heavy atom. The fourth-order valence-corrected chi connectivity index (χ4v) is 2.31. The molecule has 4 N–H and O–H groups in total. The topological polar surface area (TPSA) is 110 Å². The molecular weight excluding hydrogens is 276 g/mol. The Hall–Kier alpha value is -1.96. The minimum Gasteiger partial charge on any atom is -0.480 e. The lowest BCUT2D eigenvalue weighted by Crippen LogP contribution is -2.44. The molecule has 114 valence electrons. The zero-order valence-electron chi connectivity index (χ0n) is 11.5. The van der Waals surface area contributed by atoms with Crippen molar-refractivity contribution in [2.75, 3.05) is 19.6 Å². The van der Waals surface area contributed by atoms with Gasteiger partial charge in [0, 0.05) is 24.2 Å². The normalized spacial score (nSPS) is 15.9. The van der Waals surface area contributed by atoms with Crippen molar-refractivity contribution in [3.05, 3.63) is 35.4 Å². The highest BCUT2D eigenvalue weighted by Crippen LogP contribution is 2.26. The fraction of sp³-hybridized carbons (Fsp3) is 0.429. The molecule has 1 aliphatic heterocycles. The molecule has 1 fully saturated rings. The quantitative estimate of drug-likeness (QED) is 0.555. The highest BCUT2D eigenvalue weighted by molar-refractivity contribution is 5.95. The van der Waals surface area contributed by atoms with Gasteiger partial charge in [-0.2, -0.15) is 0 Å². The van der Waals surface area contributed by atoms with Gasteiger partial charge in [-0.3, -0.25) is 9.59 Å². The van der Waals surface area contributed by atoms with Crippen molar-refractivity contribution >= 4 is 11.9 Å². The zero-order valence-corrected chi connectivity index (χ0v) is 11.5. The number of hydrogen-bond acceptors (Lipinski definition) is 5. The van der Waals surface area contributed by atoms with E-state index in [-0.39, 0.29) is 11.1 Å². The van der Waals surface area contributed by atoms with Gasteiger partial charge in [0.25, 0.3) is 11.8 Å². The number of aliphatic carboxylic acids is 1. The largest absolute Gasteiger partial charge is 0.480 e. The van der Waals surface area contributed by atoms with Gasteiger partial charge in [-0.15, -0.1) is 0 Å². The van der Waals surface area contributed by atoms with E-state index in [0.29, 0.717) is 13.1 Å². The fourth-order valence-electron chi connectivity index (χ4n) is 2.31. The van der Waals surface area contributed by atoms with Crippen LogP contribution in [0.1, 0.15) is 28.8 Å². The molecule has 1 saturated heterocycles. The summed E-state index contributed by atoms with van der Waals surface area (Å²) < 4.78 is 0. The third-order valence-electron chi connectivity index (χ3n) is 3.48. The van der Waals surface area contributed by atoms with Gasteiger partial charge in [-0.1, -0.05) is 12.1 Å². The number of nitrogens with one attached hydrogen (secondary N) is 1. The van der Waals surface area contributed by atoms with Gasteiger partial charge in [0.2, 0.25) is 0 Å². The first-order chi connectivity index (χ1) is 9.91. The molecule has 7 heteroatoms. The zero-order chi connectivity index (χ0) is 15.5. The van der Waals surface area contributed by atoms with Gasteiger partial charge in [-0.05, 0) is 25.0 Å². The number of aliphatic hydroxyl groups is 2. The maximum Gasteiger partial charge on any atom is 0.322 e. The van der Waals surface area contributed by atoms with E-state index in [1.165, 1.54) is 24.3 Å². The number of carbonyl (C=O) groups excluding carboxylic acids is 1. The monoisotopic (exact) mass is 294 g/mol. The Labute approximate surface area is 121 Å². The molecule has 21 heavy (non-hydrogen) atoms. The van der Waals surface area contributed by atoms with E-state index in [9.17, 15) is 19.8 Å². The van der Waals surface area contributed by atoms with E-state index in [4.69, 9.17) is 5.11 Å². The molecular formula is C14H18N2O5. The van der Waals surface area contributed by atoms with Crippen molar-refractivity contribution in [1.82, 2.24) is 10.2 Å². The summed E-state index contributed by atoms with van der Waals surface area (Å²) in [6.07, 6.45) is 1.83. The Morgan fingerprint density at radius 3 is 2.24 bits per heavy atom. The molecule has 1 aromatic carbocycles. The molecule has 0 unspecified atom stereocenters. The third kappa shape index (κ3) is 3.57. The minimum atomic E-state index is -2.05. The number of nitrogens with zero attached hydrogens (tertiary/aromatic N) is 1. The lowest BCUT2D eigenvalue weighted by Gasteiger charge is -2.31. The van der Waals surface area contributed by atoms with Gasteiger partial charge in [0.1, 0.15) is 6.54 Å². The number of likely N-dealkylation sites (tertiary alicyclic amines) is 1. The van der Waals surface area contributed by atoms with Crippen LogP contribution in [0, 0.1) is 0 Å². The van der Waals surface area contributed by atoms with Crippen molar-refractivity contribution < 1.29 is 24.9 Å². The molecule has 2 rings (SSSR count). The summed E-state index contributed by atoms with van der Waals surface area (Å²) in [5.74, 6) is -3.70. The molecule has 0 radical (unpaired) electrons. The molecule has 0 aliphatic carbocycles. The molecule has 0 spiro atoms. The van der Waals surface area contributed by atoms with E-state index in [0.717, 1.165) is 12.8 Å². The van der Waals surface area contributed by atoms with Crippen LogP contribution in [0.15, 0.2) is 24.3 Å². The predicted molar refractivity (Wildman–Crippen MR) is 73.3 cm³/mol. The van der Waals surface area contributed by atoms with Gasteiger partial charge in [0.05, 0.1) is 0 Å². The van der Waals surface area contributed by atoms with Crippen molar-refractivity contribution in [3.8, 4) is 0 Å². The summed E-state index contributed by atoms with van der Waals surface area (Å²) in [7, 11) is 0.